The molecule has 2 aromatic rings. The summed E-state index contributed by atoms with van der Waals surface area (Å²) in [6.45, 7) is 9.34. The number of ether oxygens (including phenoxy) is 8. The number of hydrogen-bond acceptors (Lipinski definition) is 13. The summed E-state index contributed by atoms with van der Waals surface area (Å²) in [5.41, 5.74) is 2.57. The molecule has 4 rings (SSSR count). The molecular weight excluding hydrogens is 652 g/mol. The SMILES string of the molecule is C=C(C)C(=O)OCOC(=O)/C=C/c1ccc(/C=C/C(=O)O[C@H]2CO[C@H]3[C@@H]2OC[C@H]3OC(=O)/C=C/c2ccc(OCOC(=O)C(=C)C)cc2)cc1. The quantitative estimate of drug-likeness (QED) is 0.114. The summed E-state index contributed by atoms with van der Waals surface area (Å²) in [5, 5.41) is 0. The van der Waals surface area contributed by atoms with E-state index in [-0.39, 0.29) is 31.2 Å². The highest BCUT2D eigenvalue weighted by Crippen LogP contribution is 2.31. The van der Waals surface area contributed by atoms with E-state index in [9.17, 15) is 24.0 Å². The van der Waals surface area contributed by atoms with Crippen molar-refractivity contribution in [2.75, 3.05) is 26.8 Å². The zero-order valence-electron chi connectivity index (χ0n) is 27.4. The van der Waals surface area contributed by atoms with Crippen LogP contribution in [0.15, 0.2) is 91.1 Å². The number of hydrogen-bond donors (Lipinski definition) is 0. The maximum absolute atomic E-state index is 12.5. The van der Waals surface area contributed by atoms with Crippen molar-refractivity contribution >= 4 is 48.1 Å². The minimum atomic E-state index is -0.690. The zero-order valence-corrected chi connectivity index (χ0v) is 27.4. The maximum atomic E-state index is 12.5. The molecule has 4 atom stereocenters. The van der Waals surface area contributed by atoms with Gasteiger partial charge >= 0.3 is 29.8 Å². The summed E-state index contributed by atoms with van der Waals surface area (Å²) in [6, 6.07) is 13.7. The van der Waals surface area contributed by atoms with Gasteiger partial charge in [0.25, 0.3) is 0 Å². The molecule has 2 saturated heterocycles. The molecule has 0 spiro atoms. The first-order valence-electron chi connectivity index (χ1n) is 15.3. The molecule has 50 heavy (non-hydrogen) atoms. The Kier molecular flexibility index (Phi) is 13.4. The lowest BCUT2D eigenvalue weighted by Crippen LogP contribution is -2.35. The summed E-state index contributed by atoms with van der Waals surface area (Å²) < 4.78 is 42.3. The van der Waals surface area contributed by atoms with Crippen LogP contribution in [0.5, 0.6) is 5.75 Å². The smallest absolute Gasteiger partial charge is 0.335 e. The van der Waals surface area contributed by atoms with Crippen LogP contribution in [0.25, 0.3) is 18.2 Å². The minimum Gasteiger partial charge on any atom is -0.457 e. The Morgan fingerprint density at radius 2 is 1.02 bits per heavy atom. The lowest BCUT2D eigenvalue weighted by molar-refractivity contribution is -0.161. The molecular formula is C37H36O13. The van der Waals surface area contributed by atoms with Crippen molar-refractivity contribution in [1.82, 2.24) is 0 Å². The van der Waals surface area contributed by atoms with Crippen molar-refractivity contribution in [2.45, 2.75) is 38.3 Å². The van der Waals surface area contributed by atoms with Gasteiger partial charge in [0.05, 0.1) is 13.2 Å². The van der Waals surface area contributed by atoms with E-state index in [4.69, 9.17) is 37.9 Å². The number of carbonyl (C=O) groups is 5. The number of rotatable bonds is 15. The highest BCUT2D eigenvalue weighted by Gasteiger charge is 2.51. The van der Waals surface area contributed by atoms with Gasteiger partial charge in [-0.05, 0) is 60.9 Å². The molecule has 2 aliphatic rings. The normalized spacial score (nSPS) is 19.6. The Bertz CT molecular complexity index is 1670. The van der Waals surface area contributed by atoms with Gasteiger partial charge in [-0.2, -0.15) is 0 Å². The summed E-state index contributed by atoms with van der Waals surface area (Å²) in [4.78, 5) is 59.5. The molecule has 0 radical (unpaired) electrons. The summed E-state index contributed by atoms with van der Waals surface area (Å²) in [5.74, 6) is -2.62. The molecule has 0 bridgehead atoms. The Balaban J connectivity index is 1.17. The van der Waals surface area contributed by atoms with Crippen molar-refractivity contribution in [3.05, 3.63) is 108 Å². The van der Waals surface area contributed by atoms with E-state index < -0.39 is 61.1 Å². The first-order valence-corrected chi connectivity index (χ1v) is 15.3. The molecule has 0 aromatic heterocycles. The average molecular weight is 689 g/mol. The Labute approximate surface area is 288 Å². The van der Waals surface area contributed by atoms with E-state index in [0.29, 0.717) is 22.4 Å². The predicted octanol–water partition coefficient (Wildman–Crippen LogP) is 4.12. The van der Waals surface area contributed by atoms with E-state index in [1.165, 1.54) is 38.2 Å². The Morgan fingerprint density at radius 3 is 1.46 bits per heavy atom. The van der Waals surface area contributed by atoms with Gasteiger partial charge in [0.15, 0.2) is 12.2 Å². The van der Waals surface area contributed by atoms with Gasteiger partial charge in [-0.15, -0.1) is 0 Å². The molecule has 2 heterocycles. The monoisotopic (exact) mass is 688 g/mol. The Hall–Kier alpha value is -5.79. The van der Waals surface area contributed by atoms with Crippen molar-refractivity contribution in [3.8, 4) is 5.75 Å². The van der Waals surface area contributed by atoms with Crippen LogP contribution in [0.3, 0.4) is 0 Å². The first kappa shape index (κ1) is 37.0. The van der Waals surface area contributed by atoms with Gasteiger partial charge in [0, 0.05) is 29.4 Å². The van der Waals surface area contributed by atoms with Crippen LogP contribution in [0, 0.1) is 0 Å². The molecule has 13 heteroatoms. The van der Waals surface area contributed by atoms with Crippen LogP contribution >= 0.6 is 0 Å². The van der Waals surface area contributed by atoms with Crippen molar-refractivity contribution in [2.24, 2.45) is 0 Å². The lowest BCUT2D eigenvalue weighted by atomic mass is 10.1. The van der Waals surface area contributed by atoms with Crippen LogP contribution in [-0.4, -0.2) is 81.1 Å². The van der Waals surface area contributed by atoms with Gasteiger partial charge < -0.3 is 37.9 Å². The third-order valence-electron chi connectivity index (χ3n) is 7.05. The number of fused-ring (bicyclic) bond motifs is 1. The molecule has 0 amide bonds. The number of benzene rings is 2. The van der Waals surface area contributed by atoms with E-state index in [0.717, 1.165) is 0 Å². The maximum Gasteiger partial charge on any atom is 0.335 e. The fraction of sp³-hybridized carbons (Fsp3) is 0.270. The summed E-state index contributed by atoms with van der Waals surface area (Å²) >= 11 is 0. The third-order valence-corrected chi connectivity index (χ3v) is 7.05. The molecule has 0 saturated carbocycles. The van der Waals surface area contributed by atoms with Crippen LogP contribution in [0.1, 0.15) is 30.5 Å². The van der Waals surface area contributed by atoms with Crippen LogP contribution < -0.4 is 4.74 Å². The molecule has 0 aliphatic carbocycles. The topological polar surface area (TPSA) is 159 Å². The first-order chi connectivity index (χ1) is 24.0. The Morgan fingerprint density at radius 1 is 0.620 bits per heavy atom. The highest BCUT2D eigenvalue weighted by atomic mass is 16.7. The fourth-order valence-corrected chi connectivity index (χ4v) is 4.48. The van der Waals surface area contributed by atoms with Gasteiger partial charge in [0.1, 0.15) is 18.0 Å². The summed E-state index contributed by atoms with van der Waals surface area (Å²) in [7, 11) is 0. The van der Waals surface area contributed by atoms with Crippen molar-refractivity contribution in [3.63, 3.8) is 0 Å². The molecule has 2 fully saturated rings. The number of esters is 5. The van der Waals surface area contributed by atoms with E-state index in [1.807, 2.05) is 0 Å². The largest absolute Gasteiger partial charge is 0.457 e. The standard InChI is InChI=1S/C37H36O13/c1-23(2)36(41)47-21-45-28-14-9-27(10-15-28)13-18-33(40)50-30-20-44-34-29(19-43-35(30)34)49-32(39)17-12-26-7-5-25(6-8-26)11-16-31(38)46-22-48-37(42)24(3)4/h5-18,29-30,34-35H,1,3,19-22H2,2,4H3/b16-11+,17-12+,18-13+/t29-,30+,34+,35+/m0/s1. The van der Waals surface area contributed by atoms with Crippen LogP contribution in [0.4, 0.5) is 0 Å². The molecule has 2 aromatic carbocycles. The second-order valence-corrected chi connectivity index (χ2v) is 11.0. The zero-order chi connectivity index (χ0) is 36.0. The predicted molar refractivity (Wildman–Crippen MR) is 177 cm³/mol. The third kappa shape index (κ3) is 11.4. The lowest BCUT2D eigenvalue weighted by Gasteiger charge is -2.16. The fourth-order valence-electron chi connectivity index (χ4n) is 4.48. The van der Waals surface area contributed by atoms with Gasteiger partial charge in [0.2, 0.25) is 13.6 Å². The minimum absolute atomic E-state index is 0.0828. The molecule has 13 nitrogen and oxygen atoms in total. The molecule has 0 N–H and O–H groups in total. The van der Waals surface area contributed by atoms with Gasteiger partial charge in [-0.1, -0.05) is 49.6 Å². The van der Waals surface area contributed by atoms with Crippen LogP contribution in [0.2, 0.25) is 0 Å². The molecule has 0 unspecified atom stereocenters. The van der Waals surface area contributed by atoms with Crippen molar-refractivity contribution < 1.29 is 61.9 Å². The second kappa shape index (κ2) is 18.1. The average Bonchev–Trinajstić information content (AvgIpc) is 3.69. The van der Waals surface area contributed by atoms with E-state index >= 15 is 0 Å². The van der Waals surface area contributed by atoms with E-state index in [2.05, 4.69) is 13.2 Å². The van der Waals surface area contributed by atoms with E-state index in [1.54, 1.807) is 60.7 Å². The van der Waals surface area contributed by atoms with Crippen LogP contribution in [-0.2, 0) is 57.1 Å². The van der Waals surface area contributed by atoms with Gasteiger partial charge in [-0.3, -0.25) is 0 Å². The van der Waals surface area contributed by atoms with Gasteiger partial charge in [-0.25, -0.2) is 24.0 Å². The highest BCUT2D eigenvalue weighted by molar-refractivity contribution is 5.89. The molecule has 2 aliphatic heterocycles. The molecule has 262 valence electrons. The number of carbonyl (C=O) groups excluding carboxylic acids is 5. The second-order valence-electron chi connectivity index (χ2n) is 11.0. The van der Waals surface area contributed by atoms with Crippen molar-refractivity contribution in [1.29, 1.82) is 0 Å². The summed E-state index contributed by atoms with van der Waals surface area (Å²) in [6.07, 6.45) is 5.87.